The van der Waals surface area contributed by atoms with E-state index in [1.165, 1.54) is 0 Å². The van der Waals surface area contributed by atoms with Crippen LogP contribution in [0.1, 0.15) is 13.3 Å². The molecule has 3 aromatic rings. The molecule has 3 rings (SSSR count). The summed E-state index contributed by atoms with van der Waals surface area (Å²) in [7, 11) is 22.5. The van der Waals surface area contributed by atoms with E-state index in [-0.39, 0.29) is 6.61 Å². The monoisotopic (exact) mass is 573 g/mol. The molecule has 30 heavy (non-hydrogen) atoms. The molecule has 0 radical (unpaired) electrons. The van der Waals surface area contributed by atoms with Gasteiger partial charge in [-0.25, -0.2) is 0 Å². The molecular formula is C21H22Cl5O2SiZn. The first kappa shape index (κ1) is 24.5. The van der Waals surface area contributed by atoms with E-state index in [2.05, 4.69) is 0 Å². The van der Waals surface area contributed by atoms with Gasteiger partial charge in [0.2, 0.25) is 0 Å². The van der Waals surface area contributed by atoms with E-state index >= 15 is 0 Å². The molecule has 0 heterocycles. The molecule has 9 heteroatoms. The van der Waals surface area contributed by atoms with Gasteiger partial charge in [-0.2, -0.15) is 0 Å². The Morgan fingerprint density at radius 3 is 1.27 bits per heavy atom. The van der Waals surface area contributed by atoms with Gasteiger partial charge in [0.1, 0.15) is 0 Å². The second-order valence-corrected chi connectivity index (χ2v) is 76.7. The van der Waals surface area contributed by atoms with E-state index < -0.39 is 15.3 Å². The van der Waals surface area contributed by atoms with Crippen LogP contribution in [0.25, 0.3) is 0 Å². The van der Waals surface area contributed by atoms with Crippen LogP contribution in [0.2, 0.25) is 0 Å². The fourth-order valence-corrected chi connectivity index (χ4v) is 35.9. The fraction of sp³-hybridized carbons (Fsp3) is 0.143. The molecule has 0 bridgehead atoms. The van der Waals surface area contributed by atoms with Crippen LogP contribution in [-0.4, -0.2) is 14.9 Å². The van der Waals surface area contributed by atoms with Gasteiger partial charge in [0.25, 0.3) is 0 Å². The molecule has 2 nitrogen and oxygen atoms in total. The van der Waals surface area contributed by atoms with E-state index in [4.69, 9.17) is 55.3 Å². The van der Waals surface area contributed by atoms with Crippen LogP contribution in [0.4, 0.5) is 0 Å². The third-order valence-corrected chi connectivity index (χ3v) is 31.4. The molecule has 0 fully saturated rings. The molecule has 3 aromatic carbocycles. The Morgan fingerprint density at radius 2 is 0.967 bits per heavy atom. The average Bonchev–Trinajstić information content (AvgIpc) is 2.72. The van der Waals surface area contributed by atoms with Crippen LogP contribution in [-0.2, 0) is 13.8 Å². The SMILES string of the molecule is CCC[O][Zn]([Cl])([Cl])([Cl])([Cl])([Cl])[O][Si](c1ccccc1)(c1ccccc1)c1ccccc1. The Balaban J connectivity index is 2.41. The number of benzene rings is 3. The summed E-state index contributed by atoms with van der Waals surface area (Å²) in [5.74, 6) is 0. The van der Waals surface area contributed by atoms with Gasteiger partial charge in [-0.15, -0.1) is 0 Å². The molecule has 0 amide bonds. The maximum absolute atomic E-state index is 7.76. The molecule has 0 aliphatic heterocycles. The number of hydrogen-bond acceptors (Lipinski definition) is 2. The van der Waals surface area contributed by atoms with E-state index in [1.807, 2.05) is 97.9 Å². The van der Waals surface area contributed by atoms with E-state index in [0.29, 0.717) is 6.42 Å². The van der Waals surface area contributed by atoms with Crippen LogP contribution in [0.3, 0.4) is 0 Å². The zero-order valence-corrected chi connectivity index (χ0v) is 24.2. The minimum absolute atomic E-state index is 0.0380. The van der Waals surface area contributed by atoms with Crippen LogP contribution in [0, 0.1) is 0 Å². The molecule has 0 spiro atoms. The van der Waals surface area contributed by atoms with Gasteiger partial charge in [-0.05, 0) is 0 Å². The molecule has 0 aliphatic rings. The van der Waals surface area contributed by atoms with Crippen molar-refractivity contribution in [2.45, 2.75) is 13.3 Å². The van der Waals surface area contributed by atoms with Gasteiger partial charge in [0, 0.05) is 0 Å². The summed E-state index contributed by atoms with van der Waals surface area (Å²) in [5.41, 5.74) is 0. The summed E-state index contributed by atoms with van der Waals surface area (Å²) >= 11 is 0. The van der Waals surface area contributed by atoms with Gasteiger partial charge < -0.3 is 0 Å². The number of halogens is 5. The van der Waals surface area contributed by atoms with Crippen molar-refractivity contribution in [2.24, 2.45) is 0 Å². The molecule has 0 atom stereocenters. The molecular weight excluding hydrogens is 555 g/mol. The molecule has 0 saturated carbocycles. The Hall–Kier alpha value is -0.130. The normalized spacial score (nSPS) is 16.1. The van der Waals surface area contributed by atoms with Crippen molar-refractivity contribution >= 4 is 72.3 Å². The van der Waals surface area contributed by atoms with Crippen molar-refractivity contribution in [3.8, 4) is 0 Å². The quantitative estimate of drug-likeness (QED) is 0.226. The number of hydrogen-bond donors (Lipinski definition) is 0. The van der Waals surface area contributed by atoms with Gasteiger partial charge in [-0.3, -0.25) is 0 Å². The molecule has 0 aliphatic carbocycles. The Morgan fingerprint density at radius 1 is 0.633 bits per heavy atom. The topological polar surface area (TPSA) is 18.5 Å². The van der Waals surface area contributed by atoms with E-state index in [1.54, 1.807) is 0 Å². The Bertz CT molecular complexity index is 925. The second kappa shape index (κ2) is 7.45. The first-order chi connectivity index (χ1) is 13.8. The summed E-state index contributed by atoms with van der Waals surface area (Å²) in [6.07, 6.45) is 0.544. The first-order valence-electron chi connectivity index (χ1n) is 10.1. The molecule has 0 N–H and O–H groups in total. The average molecular weight is 577 g/mol. The van der Waals surface area contributed by atoms with Crippen LogP contribution in [0.15, 0.2) is 91.0 Å². The van der Waals surface area contributed by atoms with Gasteiger partial charge >= 0.3 is 197 Å². The summed E-state index contributed by atoms with van der Waals surface area (Å²) in [5, 5.41) is 2.46. The van der Waals surface area contributed by atoms with Crippen molar-refractivity contribution in [3.05, 3.63) is 91.0 Å². The van der Waals surface area contributed by atoms with Crippen LogP contribution in [0.5, 0.6) is 0 Å². The summed E-state index contributed by atoms with van der Waals surface area (Å²) in [6, 6.07) is 28.7. The van der Waals surface area contributed by atoms with E-state index in [9.17, 15) is 0 Å². The minimum atomic E-state index is -7.76. The second-order valence-electron chi connectivity index (χ2n) is 8.05. The van der Waals surface area contributed by atoms with Crippen LogP contribution >= 0.6 is 48.5 Å². The predicted octanol–water partition coefficient (Wildman–Crippen LogP) is 6.46. The molecule has 159 valence electrons. The fourth-order valence-electron chi connectivity index (χ4n) is 3.78. The molecule has 0 saturated heterocycles. The Labute approximate surface area is 195 Å². The van der Waals surface area contributed by atoms with Crippen molar-refractivity contribution in [2.75, 3.05) is 6.61 Å². The van der Waals surface area contributed by atoms with Crippen molar-refractivity contribution in [3.63, 3.8) is 0 Å². The first-order valence-corrected chi connectivity index (χ1v) is 33.9. The summed E-state index contributed by atoms with van der Waals surface area (Å²) < 4.78 is 12.3. The summed E-state index contributed by atoms with van der Waals surface area (Å²) in [4.78, 5) is 0. The zero-order valence-electron chi connectivity index (χ0n) is 16.5. The van der Waals surface area contributed by atoms with Gasteiger partial charge in [-0.1, -0.05) is 0 Å². The molecule has 0 aromatic heterocycles. The molecule has 0 unspecified atom stereocenters. The maximum atomic E-state index is 6.76. The number of rotatable bonds is 8. The third-order valence-electron chi connectivity index (χ3n) is 4.91. The summed E-state index contributed by atoms with van der Waals surface area (Å²) in [6.45, 7) is 1.90. The zero-order chi connectivity index (χ0) is 22.0. The third kappa shape index (κ3) is 5.81. The standard InChI is InChI=1S/C18H15OSi.C3H7O.5ClH.Zn/c19-20(16-10-4-1-5-11-16,17-12-6-2-7-13-17)18-14-8-3-9-15-18;1-2-3-4;;;;;;/h1-15H;2-3H2,1H3;5*1H;/q2*-1;;;;;;+7/p-5. The van der Waals surface area contributed by atoms with Crippen molar-refractivity contribution in [1.29, 1.82) is 0 Å². The van der Waals surface area contributed by atoms with Gasteiger partial charge in [0.15, 0.2) is 0 Å². The van der Waals surface area contributed by atoms with Crippen molar-refractivity contribution < 1.29 is 13.8 Å². The van der Waals surface area contributed by atoms with Crippen molar-refractivity contribution in [1.82, 2.24) is 0 Å². The predicted molar refractivity (Wildman–Crippen MR) is 131 cm³/mol. The van der Waals surface area contributed by atoms with Crippen LogP contribution < -0.4 is 15.6 Å². The van der Waals surface area contributed by atoms with Gasteiger partial charge in [0.05, 0.1) is 0 Å². The van der Waals surface area contributed by atoms with E-state index in [0.717, 1.165) is 15.6 Å². The Kier molecular flexibility index (Phi) is 6.09.